The van der Waals surface area contributed by atoms with Crippen molar-refractivity contribution in [3.8, 4) is 0 Å². The zero-order chi connectivity index (χ0) is 21.4. The van der Waals surface area contributed by atoms with E-state index in [-0.39, 0.29) is 0 Å². The van der Waals surface area contributed by atoms with E-state index >= 15 is 0 Å². The van der Waals surface area contributed by atoms with Crippen LogP contribution < -0.4 is 5.46 Å². The Bertz CT molecular complexity index is 1070. The molecular weight excluding hydrogens is 393 g/mol. The van der Waals surface area contributed by atoms with Gasteiger partial charge in [-0.2, -0.15) is 4.36 Å². The average Bonchev–Trinajstić information content (AvgIpc) is 2.97. The van der Waals surface area contributed by atoms with Crippen LogP contribution in [-0.4, -0.2) is 22.5 Å². The van der Waals surface area contributed by atoms with Crippen molar-refractivity contribution in [2.24, 2.45) is 4.36 Å². The molecule has 4 rings (SSSR count). The molecule has 0 unspecified atom stereocenters. The Hall–Kier alpha value is -2.41. The van der Waals surface area contributed by atoms with Gasteiger partial charge < -0.3 is 9.31 Å². The molecule has 0 amide bonds. The van der Waals surface area contributed by atoms with Crippen LogP contribution in [-0.2, 0) is 19.0 Å². The minimum absolute atomic E-state index is 0.393. The first-order chi connectivity index (χ1) is 14.2. The quantitative estimate of drug-likeness (QED) is 0.546. The molecule has 30 heavy (non-hydrogen) atoms. The van der Waals surface area contributed by atoms with Gasteiger partial charge in [-0.1, -0.05) is 48.5 Å². The van der Waals surface area contributed by atoms with Crippen LogP contribution in [0.25, 0.3) is 0 Å². The molecule has 1 saturated heterocycles. The molecule has 0 spiro atoms. The van der Waals surface area contributed by atoms with Crippen molar-refractivity contribution in [2.75, 3.05) is 0 Å². The van der Waals surface area contributed by atoms with Crippen molar-refractivity contribution in [1.82, 2.24) is 0 Å². The maximum atomic E-state index is 14.1. The molecule has 0 atom stereocenters. The summed E-state index contributed by atoms with van der Waals surface area (Å²) in [6, 6.07) is 26.4. The van der Waals surface area contributed by atoms with E-state index in [9.17, 15) is 4.21 Å². The van der Waals surface area contributed by atoms with Gasteiger partial charge in [-0.3, -0.25) is 0 Å². The summed E-state index contributed by atoms with van der Waals surface area (Å²) in [4.78, 5) is 1.37. The fourth-order valence-corrected chi connectivity index (χ4v) is 5.22. The second kappa shape index (κ2) is 7.69. The minimum atomic E-state index is -2.81. The molecule has 4 nitrogen and oxygen atoms in total. The van der Waals surface area contributed by atoms with Crippen LogP contribution in [0.5, 0.6) is 0 Å². The van der Waals surface area contributed by atoms with Gasteiger partial charge in [-0.05, 0) is 69.6 Å². The van der Waals surface area contributed by atoms with Crippen molar-refractivity contribution in [3.63, 3.8) is 0 Å². The summed E-state index contributed by atoms with van der Waals surface area (Å²) < 4.78 is 31.0. The molecular formula is C24H26BNO3S. The third kappa shape index (κ3) is 3.83. The molecule has 6 heteroatoms. The Morgan fingerprint density at radius 2 is 1.13 bits per heavy atom. The topological polar surface area (TPSA) is 47.9 Å². The third-order valence-electron chi connectivity index (χ3n) is 5.78. The molecule has 0 N–H and O–H groups in total. The summed E-state index contributed by atoms with van der Waals surface area (Å²) in [6.45, 7) is 8.13. The van der Waals surface area contributed by atoms with Crippen LogP contribution in [0.15, 0.2) is 99.1 Å². The van der Waals surface area contributed by atoms with Crippen molar-refractivity contribution >= 4 is 28.0 Å². The van der Waals surface area contributed by atoms with E-state index in [1.807, 2.05) is 113 Å². The number of hydrogen-bond donors (Lipinski definition) is 0. The molecule has 0 aromatic heterocycles. The van der Waals surface area contributed by atoms with E-state index < -0.39 is 28.0 Å². The van der Waals surface area contributed by atoms with Gasteiger partial charge in [-0.25, -0.2) is 4.21 Å². The lowest BCUT2D eigenvalue weighted by Gasteiger charge is -2.32. The second-order valence-corrected chi connectivity index (χ2v) is 10.6. The van der Waals surface area contributed by atoms with Crippen LogP contribution >= 0.6 is 0 Å². The van der Waals surface area contributed by atoms with Gasteiger partial charge in [-0.15, -0.1) is 0 Å². The van der Waals surface area contributed by atoms with E-state index in [2.05, 4.69) is 0 Å². The van der Waals surface area contributed by atoms with E-state index in [0.717, 1.165) is 5.46 Å². The lowest BCUT2D eigenvalue weighted by atomic mass is 9.79. The zero-order valence-corrected chi connectivity index (χ0v) is 18.6. The Morgan fingerprint density at radius 1 is 0.700 bits per heavy atom. The van der Waals surface area contributed by atoms with Gasteiger partial charge in [0.1, 0.15) is 9.73 Å². The van der Waals surface area contributed by atoms with E-state index in [1.165, 1.54) is 0 Å². The summed E-state index contributed by atoms with van der Waals surface area (Å²) >= 11 is 0. The maximum Gasteiger partial charge on any atom is 0.494 e. The summed E-state index contributed by atoms with van der Waals surface area (Å²) in [6.07, 6.45) is 0. The van der Waals surface area contributed by atoms with E-state index in [4.69, 9.17) is 13.7 Å². The summed E-state index contributed by atoms with van der Waals surface area (Å²) in [5.41, 5.74) is 0.775. The Labute approximate surface area is 179 Å². The zero-order valence-electron chi connectivity index (χ0n) is 17.7. The first-order valence-electron chi connectivity index (χ1n) is 10.0. The lowest BCUT2D eigenvalue weighted by Crippen LogP contribution is -2.41. The first-order valence-corrected chi connectivity index (χ1v) is 11.6. The van der Waals surface area contributed by atoms with Gasteiger partial charge in [0.2, 0.25) is 0 Å². The highest BCUT2D eigenvalue weighted by Gasteiger charge is 2.51. The van der Waals surface area contributed by atoms with Gasteiger partial charge in [0.15, 0.2) is 0 Å². The van der Waals surface area contributed by atoms with Gasteiger partial charge in [0, 0.05) is 0 Å². The van der Waals surface area contributed by atoms with Crippen molar-refractivity contribution < 1.29 is 13.5 Å². The standard InChI is InChI=1S/C24H26BNO3S/c1-23(2)24(3,4)29-25(28-23)19-15-17-20(18-16-19)26-30(27,21-11-7-5-8-12-21)22-13-9-6-10-14-22/h5-18H,1-4H3. The van der Waals surface area contributed by atoms with Crippen molar-refractivity contribution in [2.45, 2.75) is 48.7 Å². The van der Waals surface area contributed by atoms with Gasteiger partial charge >= 0.3 is 7.12 Å². The molecule has 3 aromatic rings. The monoisotopic (exact) mass is 419 g/mol. The predicted molar refractivity (Wildman–Crippen MR) is 122 cm³/mol. The van der Waals surface area contributed by atoms with Crippen LogP contribution in [0.2, 0.25) is 0 Å². The van der Waals surface area contributed by atoms with Crippen molar-refractivity contribution in [1.29, 1.82) is 0 Å². The number of hydrogen-bond acceptors (Lipinski definition) is 4. The number of rotatable bonds is 4. The molecule has 1 aliphatic heterocycles. The molecule has 0 radical (unpaired) electrons. The summed E-state index contributed by atoms with van der Waals surface area (Å²) in [7, 11) is -3.24. The third-order valence-corrected chi connectivity index (χ3v) is 8.07. The SMILES string of the molecule is CC1(C)OB(c2ccc(N=S(=O)(c3ccccc3)c3ccccc3)cc2)OC1(C)C. The molecule has 1 aliphatic rings. The van der Waals surface area contributed by atoms with Crippen molar-refractivity contribution in [3.05, 3.63) is 84.9 Å². The fourth-order valence-electron chi connectivity index (χ4n) is 3.27. The molecule has 0 saturated carbocycles. The van der Waals surface area contributed by atoms with Crippen LogP contribution in [0.4, 0.5) is 5.69 Å². The van der Waals surface area contributed by atoms with Crippen LogP contribution in [0, 0.1) is 0 Å². The predicted octanol–water partition coefficient (Wildman–Crippen LogP) is 5.20. The normalized spacial score (nSPS) is 17.7. The van der Waals surface area contributed by atoms with Crippen LogP contribution in [0.1, 0.15) is 27.7 Å². The molecule has 0 bridgehead atoms. The Kier molecular flexibility index (Phi) is 5.35. The van der Waals surface area contributed by atoms with E-state index in [0.29, 0.717) is 15.5 Å². The highest BCUT2D eigenvalue weighted by Crippen LogP contribution is 2.36. The van der Waals surface area contributed by atoms with Crippen LogP contribution in [0.3, 0.4) is 0 Å². The number of nitrogens with zero attached hydrogens (tertiary/aromatic N) is 1. The molecule has 1 fully saturated rings. The first kappa shape index (κ1) is 20.9. The van der Waals surface area contributed by atoms with Gasteiger partial charge in [0.05, 0.1) is 26.7 Å². The van der Waals surface area contributed by atoms with E-state index in [1.54, 1.807) is 0 Å². The molecule has 154 valence electrons. The highest BCUT2D eigenvalue weighted by atomic mass is 32.2. The maximum absolute atomic E-state index is 14.1. The summed E-state index contributed by atoms with van der Waals surface area (Å²) in [5, 5.41) is 0. The number of benzene rings is 3. The Morgan fingerprint density at radius 3 is 1.57 bits per heavy atom. The fraction of sp³-hybridized carbons (Fsp3) is 0.250. The smallest absolute Gasteiger partial charge is 0.399 e. The molecule has 1 heterocycles. The highest BCUT2D eigenvalue weighted by molar-refractivity contribution is 7.93. The second-order valence-electron chi connectivity index (χ2n) is 8.42. The largest absolute Gasteiger partial charge is 0.494 e. The minimum Gasteiger partial charge on any atom is -0.399 e. The summed E-state index contributed by atoms with van der Waals surface area (Å²) in [5.74, 6) is 0. The lowest BCUT2D eigenvalue weighted by molar-refractivity contribution is 0.00578. The Balaban J connectivity index is 1.72. The molecule has 3 aromatic carbocycles. The van der Waals surface area contributed by atoms with Gasteiger partial charge in [0.25, 0.3) is 0 Å². The molecule has 0 aliphatic carbocycles. The average molecular weight is 419 g/mol.